The molecule has 782 valence electrons. The zero-order valence-corrected chi connectivity index (χ0v) is 82.3. The molecule has 0 aromatic rings. The van der Waals surface area contributed by atoms with Crippen LogP contribution in [0.3, 0.4) is 0 Å². The minimum Gasteiger partial charge on any atom is -0.457 e. The average Bonchev–Trinajstić information content (AvgIpc) is 1.34. The SMILES string of the molecule is C=C(C)C(=O)OCC(=O)OC12CC3(C(C)(C)OCC(C)(C)O)CC(C(C)(C)OCC(C)(O)C(F)(F)F)(C1)CC(C(C)(C)OCC(C)(O)C(F)(F)F)(C2)C3.C=C(C)C(=O)OCC(=O)OC12CC3CC(C(C)(C)OCC(C)(C)O)(C1)CC(C(C)(C)OCC(C)(O)C(F)(F)F)(C3)C2.C=C(C)C(=O)OCC(=O)OC1CC2OC1C(C(C)(C)OCC(C)(O)C(F)(F)F)C2C(C)(C)OCC(C)(O)C(F)(F)F. The lowest BCUT2D eigenvalue weighted by Gasteiger charge is -2.76. The van der Waals surface area contributed by atoms with Gasteiger partial charge in [-0.15, -0.1) is 0 Å². The quantitative estimate of drug-likeness (QED) is 0.0130. The van der Waals surface area contributed by atoms with E-state index in [1.165, 1.54) is 62.3 Å². The molecule has 0 aromatic carbocycles. The Labute approximate surface area is 779 Å². The van der Waals surface area contributed by atoms with Crippen LogP contribution >= 0.6 is 0 Å². The Morgan fingerprint density at radius 3 is 0.852 bits per heavy atom. The van der Waals surface area contributed by atoms with Crippen LogP contribution in [0.15, 0.2) is 36.5 Å². The highest BCUT2D eigenvalue weighted by atomic mass is 19.4. The van der Waals surface area contributed by atoms with Gasteiger partial charge in [0.1, 0.15) is 23.4 Å². The second-order valence-electron chi connectivity index (χ2n) is 45.6. The number of fused-ring (bicyclic) bond motifs is 2. The van der Waals surface area contributed by atoms with Gasteiger partial charge in [-0.2, -0.15) is 65.9 Å². The van der Waals surface area contributed by atoms with Gasteiger partial charge in [0.05, 0.1) is 103 Å². The van der Waals surface area contributed by atoms with Crippen LogP contribution in [0.25, 0.3) is 0 Å². The van der Waals surface area contributed by atoms with Crippen LogP contribution in [-0.4, -0.2) is 276 Å². The zero-order valence-electron chi connectivity index (χ0n) is 82.3. The van der Waals surface area contributed by atoms with E-state index in [9.17, 15) is 130 Å². The fraction of sp³-hybridized carbons (Fsp3) is 0.871. The van der Waals surface area contributed by atoms with Crippen LogP contribution in [0, 0.1) is 44.8 Å². The molecule has 0 amide bonds. The number of carbonyl (C=O) groups is 6. The van der Waals surface area contributed by atoms with Crippen molar-refractivity contribution < 1.29 is 197 Å². The molecule has 0 radical (unpaired) electrons. The fourth-order valence-electron chi connectivity index (χ4n) is 21.1. The van der Waals surface area contributed by atoms with E-state index in [-0.39, 0.29) is 80.8 Å². The smallest absolute Gasteiger partial charge is 0.419 e. The second-order valence-corrected chi connectivity index (χ2v) is 45.6. The second kappa shape index (κ2) is 38.6. The van der Waals surface area contributed by atoms with E-state index < -0.39 is 266 Å². The first kappa shape index (κ1) is 118. The van der Waals surface area contributed by atoms with Crippen LogP contribution in [-0.2, 0) is 95.1 Å². The lowest BCUT2D eigenvalue weighted by molar-refractivity contribution is -0.356. The van der Waals surface area contributed by atoms with Crippen molar-refractivity contribution in [1.29, 1.82) is 0 Å². The largest absolute Gasteiger partial charge is 0.457 e. The summed E-state index contributed by atoms with van der Waals surface area (Å²) in [6, 6.07) is 0. The van der Waals surface area contributed by atoms with E-state index >= 15 is 0 Å². The normalized spacial score (nSPS) is 30.0. The Kier molecular flexibility index (Phi) is 33.7. The standard InChI is InChI=1S/C37H58F6O10.C30H47F3O8.C26H38F6O9/c1-23(2)25(45)49-13-24(44)53-35-17-32(27(5,6)50-20-26(3,4)46)14-33(18-35,28(7,8)51-21-30(11,47)36(38,39)40)16-34(15-32,19-35)29(9,10)52-22-31(12,48)37(41,42)43;1-19(2)22(35)38-13-21(34)41-29-12-20-10-27(15-29,24(5,6)39-17-23(3,4)36)14-28(11-20,16-29)25(7,8)40-18-26(9,37)30(31,32)33;1-13(2)20(34)37-10-16(33)40-15-9-14-17(21(3,4)38-11-23(7,35)25(27,28)29)18(19(15)41-14)22(5,6)39-12-24(8,36)26(30,31)32/h46-48H,1,13-22H2,2-12H3;20,36-37H,1,10-18H2,2-9H3;14-15,17-19,35-36H,1,9-12H2,2-8H3. The number of rotatable bonds is 40. The number of ether oxygens (including phenoxy) is 14. The van der Waals surface area contributed by atoms with Crippen molar-refractivity contribution in [3.63, 3.8) is 0 Å². The summed E-state index contributed by atoms with van der Waals surface area (Å²) in [6.07, 6.45) is -23.9. The summed E-state index contributed by atoms with van der Waals surface area (Å²) in [6.45, 7) is 38.9. The molecule has 16 unspecified atom stereocenters. The summed E-state index contributed by atoms with van der Waals surface area (Å²) in [4.78, 5) is 74.5. The molecule has 27 nitrogen and oxygen atoms in total. The average molecular weight is 1980 g/mol. The predicted molar refractivity (Wildman–Crippen MR) is 452 cm³/mol. The topological polar surface area (TPSA) is 373 Å². The lowest BCUT2D eigenvalue weighted by Crippen LogP contribution is -2.76. The van der Waals surface area contributed by atoms with Crippen molar-refractivity contribution in [3.8, 4) is 0 Å². The van der Waals surface area contributed by atoms with Crippen LogP contribution in [0.5, 0.6) is 0 Å². The molecule has 2 aliphatic heterocycles. The van der Waals surface area contributed by atoms with Gasteiger partial charge in [-0.05, 0) is 263 Å². The summed E-state index contributed by atoms with van der Waals surface area (Å²) in [5, 5.41) is 71.7. The van der Waals surface area contributed by atoms with Gasteiger partial charge in [-0.3, -0.25) is 0 Å². The van der Waals surface area contributed by atoms with Crippen molar-refractivity contribution >= 4 is 35.8 Å². The van der Waals surface area contributed by atoms with E-state index in [0.29, 0.717) is 66.7 Å². The Balaban J connectivity index is 0.000000315. The molecule has 10 fully saturated rings. The van der Waals surface area contributed by atoms with Crippen molar-refractivity contribution in [2.45, 2.75) is 402 Å². The Morgan fingerprint density at radius 1 is 0.326 bits per heavy atom. The number of halogens is 15. The third-order valence-corrected chi connectivity index (χ3v) is 29.5. The number of hydrogen-bond acceptors (Lipinski definition) is 27. The maximum atomic E-state index is 13.9. The van der Waals surface area contributed by atoms with Gasteiger partial charge >= 0.3 is 66.7 Å². The van der Waals surface area contributed by atoms with E-state index in [0.717, 1.165) is 6.42 Å². The van der Waals surface area contributed by atoms with Crippen LogP contribution in [0.4, 0.5) is 65.9 Å². The maximum Gasteiger partial charge on any atom is 0.419 e. The van der Waals surface area contributed by atoms with Gasteiger partial charge < -0.3 is 102 Å². The van der Waals surface area contributed by atoms with Gasteiger partial charge in [0.25, 0.3) is 0 Å². The van der Waals surface area contributed by atoms with E-state index in [2.05, 4.69) is 19.7 Å². The van der Waals surface area contributed by atoms with Gasteiger partial charge in [0.2, 0.25) is 0 Å². The van der Waals surface area contributed by atoms with Gasteiger partial charge in [0, 0.05) is 62.1 Å². The number of hydrogen-bond donors (Lipinski definition) is 7. The number of aliphatic hydroxyl groups is 7. The minimum absolute atomic E-state index is 0.0166. The Bertz CT molecular complexity index is 4210. The molecule has 8 aliphatic carbocycles. The maximum absolute atomic E-state index is 13.9. The van der Waals surface area contributed by atoms with Crippen molar-refractivity contribution in [3.05, 3.63) is 36.5 Å². The van der Waals surface area contributed by atoms with Crippen molar-refractivity contribution in [2.75, 3.05) is 66.1 Å². The summed E-state index contributed by atoms with van der Waals surface area (Å²) in [5.74, 6) is -6.72. The summed E-state index contributed by atoms with van der Waals surface area (Å²) >= 11 is 0. The minimum atomic E-state index is -5.05. The Morgan fingerprint density at radius 2 is 0.570 bits per heavy atom. The van der Waals surface area contributed by atoms with E-state index in [1.54, 1.807) is 69.2 Å². The fourth-order valence-corrected chi connectivity index (χ4v) is 21.1. The van der Waals surface area contributed by atoms with E-state index in [4.69, 9.17) is 66.3 Å². The number of esters is 6. The first-order valence-corrected chi connectivity index (χ1v) is 44.5. The molecular formula is C93H143F15O27. The van der Waals surface area contributed by atoms with E-state index in [1.807, 2.05) is 13.8 Å². The first-order valence-electron chi connectivity index (χ1n) is 44.5. The van der Waals surface area contributed by atoms with Gasteiger partial charge in [-0.1, -0.05) is 19.7 Å². The predicted octanol–water partition coefficient (Wildman–Crippen LogP) is 15.2. The highest BCUT2D eigenvalue weighted by Crippen LogP contribution is 2.80. The summed E-state index contributed by atoms with van der Waals surface area (Å²) in [5.41, 5.74) is -34.6. The molecule has 8 saturated carbocycles. The molecule has 135 heavy (non-hydrogen) atoms. The molecule has 7 N–H and O–H groups in total. The highest BCUT2D eigenvalue weighted by molar-refractivity contribution is 5.89. The first-order chi connectivity index (χ1) is 59.9. The van der Waals surface area contributed by atoms with Gasteiger partial charge in [-0.25, -0.2) is 28.8 Å². The van der Waals surface area contributed by atoms with Crippen LogP contribution in [0.2, 0.25) is 0 Å². The molecule has 16 atom stereocenters. The number of carbonyl (C=O) groups excluding carboxylic acids is 6. The molecule has 0 aromatic heterocycles. The number of alkyl halides is 15. The lowest BCUT2D eigenvalue weighted by atomic mass is 9.31. The molecule has 2 heterocycles. The highest BCUT2D eigenvalue weighted by Gasteiger charge is 2.80. The Hall–Kier alpha value is -5.61. The molecule has 2 saturated heterocycles. The van der Waals surface area contributed by atoms with Crippen LogP contribution < -0.4 is 0 Å². The van der Waals surface area contributed by atoms with Gasteiger partial charge in [0.15, 0.2) is 47.8 Å². The third-order valence-electron chi connectivity index (χ3n) is 29.5. The molecule has 10 bridgehead atoms. The van der Waals surface area contributed by atoms with Crippen molar-refractivity contribution in [2.24, 2.45) is 44.8 Å². The summed E-state index contributed by atoms with van der Waals surface area (Å²) in [7, 11) is 0. The van der Waals surface area contributed by atoms with Crippen molar-refractivity contribution in [1.82, 2.24) is 0 Å². The molecular weight excluding hydrogens is 1830 g/mol. The molecule has 0 spiro atoms. The zero-order chi connectivity index (χ0) is 105. The summed E-state index contributed by atoms with van der Waals surface area (Å²) < 4.78 is 284. The molecule has 10 aliphatic rings. The third kappa shape index (κ3) is 26.3. The molecule has 10 rings (SSSR count). The van der Waals surface area contributed by atoms with Crippen LogP contribution in [0.1, 0.15) is 263 Å². The molecule has 42 heteroatoms. The monoisotopic (exact) mass is 1980 g/mol.